The number of carbonyl (C=O) groups excluding carboxylic acids is 3. The number of para-hydroxylation sites is 1. The highest BCUT2D eigenvalue weighted by atomic mass is 16.5. The summed E-state index contributed by atoms with van der Waals surface area (Å²) in [5.41, 5.74) is 1.07. The topological polar surface area (TPSA) is 97.4 Å². The zero-order valence-corrected chi connectivity index (χ0v) is 19.1. The highest BCUT2D eigenvalue weighted by Crippen LogP contribution is 2.28. The van der Waals surface area contributed by atoms with E-state index in [4.69, 9.17) is 14.2 Å². The number of nitrogens with one attached hydrogen (secondary N) is 1. The number of anilines is 1. The van der Waals surface area contributed by atoms with Crippen LogP contribution >= 0.6 is 0 Å². The van der Waals surface area contributed by atoms with Gasteiger partial charge in [-0.05, 0) is 37.3 Å². The van der Waals surface area contributed by atoms with Crippen molar-refractivity contribution in [3.05, 3.63) is 54.1 Å². The zero-order chi connectivity index (χ0) is 23.8. The summed E-state index contributed by atoms with van der Waals surface area (Å²) >= 11 is 0. The predicted octanol–water partition coefficient (Wildman–Crippen LogP) is 2.03. The average molecular weight is 456 g/mol. The number of piperazine rings is 1. The van der Waals surface area contributed by atoms with E-state index in [-0.39, 0.29) is 12.5 Å². The summed E-state index contributed by atoms with van der Waals surface area (Å²) in [7, 11) is 3.05. The SMILES string of the molecule is CCOC(=O)C(C(=O)Nc1ccccc1)N1CCN(C(=O)c2ccc(OC)c(OC)c2)CC1. The van der Waals surface area contributed by atoms with Gasteiger partial charge in [-0.15, -0.1) is 0 Å². The summed E-state index contributed by atoms with van der Waals surface area (Å²) in [5.74, 6) is -0.204. The highest BCUT2D eigenvalue weighted by molar-refractivity contribution is 6.08. The number of amides is 2. The Morgan fingerprint density at radius 3 is 2.21 bits per heavy atom. The first kappa shape index (κ1) is 24.1. The summed E-state index contributed by atoms with van der Waals surface area (Å²) in [5, 5.41) is 2.77. The fourth-order valence-corrected chi connectivity index (χ4v) is 3.71. The van der Waals surface area contributed by atoms with Gasteiger partial charge >= 0.3 is 5.97 Å². The van der Waals surface area contributed by atoms with Gasteiger partial charge in [0.25, 0.3) is 11.8 Å². The average Bonchev–Trinajstić information content (AvgIpc) is 2.84. The number of benzene rings is 2. The maximum atomic E-state index is 13.0. The van der Waals surface area contributed by atoms with Gasteiger partial charge in [-0.1, -0.05) is 18.2 Å². The molecule has 0 spiro atoms. The molecule has 0 aliphatic carbocycles. The minimum atomic E-state index is -1.09. The van der Waals surface area contributed by atoms with Gasteiger partial charge in [-0.25, -0.2) is 4.79 Å². The molecule has 0 aromatic heterocycles. The summed E-state index contributed by atoms with van der Waals surface area (Å²) in [6.07, 6.45) is 0. The quantitative estimate of drug-likeness (QED) is 0.481. The molecule has 3 rings (SSSR count). The molecular formula is C24H29N3O6. The summed E-state index contributed by atoms with van der Waals surface area (Å²) in [6.45, 7) is 3.30. The van der Waals surface area contributed by atoms with Gasteiger partial charge in [0.1, 0.15) is 0 Å². The molecule has 0 bridgehead atoms. The molecule has 0 saturated carbocycles. The smallest absolute Gasteiger partial charge is 0.333 e. The molecule has 176 valence electrons. The Labute approximate surface area is 193 Å². The molecule has 1 heterocycles. The van der Waals surface area contributed by atoms with Crippen molar-refractivity contribution in [1.29, 1.82) is 0 Å². The normalized spacial score (nSPS) is 14.8. The third kappa shape index (κ3) is 5.81. The molecule has 2 aromatic rings. The van der Waals surface area contributed by atoms with Gasteiger partial charge in [0, 0.05) is 37.4 Å². The van der Waals surface area contributed by atoms with E-state index < -0.39 is 17.9 Å². The Kier molecular flexibility index (Phi) is 8.26. The Balaban J connectivity index is 1.68. The molecule has 0 radical (unpaired) electrons. The molecule has 1 aliphatic heterocycles. The molecule has 9 heteroatoms. The number of carbonyl (C=O) groups is 3. The molecule has 1 N–H and O–H groups in total. The van der Waals surface area contributed by atoms with Gasteiger partial charge in [-0.2, -0.15) is 0 Å². The van der Waals surface area contributed by atoms with Crippen molar-refractivity contribution in [2.45, 2.75) is 13.0 Å². The van der Waals surface area contributed by atoms with E-state index in [2.05, 4.69) is 5.32 Å². The van der Waals surface area contributed by atoms with E-state index in [1.807, 2.05) is 6.07 Å². The van der Waals surface area contributed by atoms with E-state index >= 15 is 0 Å². The van der Waals surface area contributed by atoms with Gasteiger partial charge in [0.05, 0.1) is 20.8 Å². The first-order valence-electron chi connectivity index (χ1n) is 10.8. The van der Waals surface area contributed by atoms with Crippen molar-refractivity contribution in [3.63, 3.8) is 0 Å². The van der Waals surface area contributed by atoms with Crippen LogP contribution in [0.1, 0.15) is 17.3 Å². The Hall–Kier alpha value is -3.59. The molecule has 33 heavy (non-hydrogen) atoms. The second-order valence-electron chi connectivity index (χ2n) is 7.41. The summed E-state index contributed by atoms with van der Waals surface area (Å²) in [4.78, 5) is 42.0. The maximum absolute atomic E-state index is 13.0. The first-order chi connectivity index (χ1) is 16.0. The van der Waals surface area contributed by atoms with Gasteiger partial charge < -0.3 is 24.4 Å². The van der Waals surface area contributed by atoms with Crippen LogP contribution < -0.4 is 14.8 Å². The Morgan fingerprint density at radius 2 is 1.61 bits per heavy atom. The van der Waals surface area contributed by atoms with E-state index in [1.165, 1.54) is 14.2 Å². The number of nitrogens with zero attached hydrogens (tertiary/aromatic N) is 2. The van der Waals surface area contributed by atoms with Crippen LogP contribution in [0.25, 0.3) is 0 Å². The lowest BCUT2D eigenvalue weighted by Gasteiger charge is -2.37. The molecular weight excluding hydrogens is 426 g/mol. The van der Waals surface area contributed by atoms with Crippen molar-refractivity contribution in [2.75, 3.05) is 52.3 Å². The van der Waals surface area contributed by atoms with E-state index in [0.29, 0.717) is 48.9 Å². The minimum Gasteiger partial charge on any atom is -0.493 e. The van der Waals surface area contributed by atoms with E-state index in [9.17, 15) is 14.4 Å². The van der Waals surface area contributed by atoms with Gasteiger partial charge in [-0.3, -0.25) is 14.5 Å². The van der Waals surface area contributed by atoms with Gasteiger partial charge in [0.15, 0.2) is 17.5 Å². The maximum Gasteiger partial charge on any atom is 0.333 e. The minimum absolute atomic E-state index is 0.156. The Morgan fingerprint density at radius 1 is 0.939 bits per heavy atom. The number of esters is 1. The van der Waals surface area contributed by atoms with Crippen molar-refractivity contribution in [1.82, 2.24) is 9.80 Å². The molecule has 1 atom stereocenters. The number of rotatable bonds is 8. The summed E-state index contributed by atoms with van der Waals surface area (Å²) < 4.78 is 15.7. The van der Waals surface area contributed by atoms with Crippen molar-refractivity contribution >= 4 is 23.5 Å². The molecule has 2 aromatic carbocycles. The second kappa shape index (κ2) is 11.3. The fraction of sp³-hybridized carbons (Fsp3) is 0.375. The predicted molar refractivity (Wildman–Crippen MR) is 123 cm³/mol. The first-order valence-corrected chi connectivity index (χ1v) is 10.8. The lowest BCUT2D eigenvalue weighted by atomic mass is 10.1. The number of hydrogen-bond donors (Lipinski definition) is 1. The second-order valence-corrected chi connectivity index (χ2v) is 7.41. The largest absolute Gasteiger partial charge is 0.493 e. The molecule has 1 saturated heterocycles. The van der Waals surface area contributed by atoms with Crippen LogP contribution in [-0.2, 0) is 14.3 Å². The molecule has 1 aliphatic rings. The van der Waals surface area contributed by atoms with Crippen LogP contribution in [0.15, 0.2) is 48.5 Å². The van der Waals surface area contributed by atoms with Crippen LogP contribution in [0, 0.1) is 0 Å². The fourth-order valence-electron chi connectivity index (χ4n) is 3.71. The van der Waals surface area contributed by atoms with Crippen molar-refractivity contribution in [3.8, 4) is 11.5 Å². The lowest BCUT2D eigenvalue weighted by molar-refractivity contribution is -0.153. The zero-order valence-electron chi connectivity index (χ0n) is 19.1. The van der Waals surface area contributed by atoms with Crippen molar-refractivity contribution in [2.24, 2.45) is 0 Å². The molecule has 2 amide bonds. The van der Waals surface area contributed by atoms with Crippen molar-refractivity contribution < 1.29 is 28.6 Å². The van der Waals surface area contributed by atoms with E-state index in [1.54, 1.807) is 59.2 Å². The van der Waals surface area contributed by atoms with Crippen LogP contribution in [0.2, 0.25) is 0 Å². The monoisotopic (exact) mass is 455 g/mol. The lowest BCUT2D eigenvalue weighted by Crippen LogP contribution is -2.57. The van der Waals surface area contributed by atoms with Gasteiger partial charge in [0.2, 0.25) is 0 Å². The van der Waals surface area contributed by atoms with E-state index in [0.717, 1.165) is 0 Å². The number of hydrogen-bond acceptors (Lipinski definition) is 7. The number of methoxy groups -OCH3 is 2. The molecule has 1 fully saturated rings. The molecule has 1 unspecified atom stereocenters. The molecule has 9 nitrogen and oxygen atoms in total. The van der Waals surface area contributed by atoms with Crippen LogP contribution in [0.5, 0.6) is 11.5 Å². The third-order valence-electron chi connectivity index (χ3n) is 5.40. The highest BCUT2D eigenvalue weighted by Gasteiger charge is 2.37. The Bertz CT molecular complexity index is 973. The van der Waals surface area contributed by atoms with Crippen LogP contribution in [0.4, 0.5) is 5.69 Å². The third-order valence-corrected chi connectivity index (χ3v) is 5.40. The van der Waals surface area contributed by atoms with Crippen LogP contribution in [-0.4, -0.2) is 80.6 Å². The number of ether oxygens (including phenoxy) is 3. The standard InChI is InChI=1S/C24H29N3O6/c1-4-33-24(30)21(22(28)25-18-8-6-5-7-9-18)26-12-14-27(15-13-26)23(29)17-10-11-19(31-2)20(16-17)32-3/h5-11,16,21H,4,12-15H2,1-3H3,(H,25,28). The summed E-state index contributed by atoms with van der Waals surface area (Å²) in [6, 6.07) is 12.9. The van der Waals surface area contributed by atoms with Crippen LogP contribution in [0.3, 0.4) is 0 Å².